The molecule has 0 unspecified atom stereocenters. The summed E-state index contributed by atoms with van der Waals surface area (Å²) >= 11 is 3.41. The minimum absolute atomic E-state index is 0.808. The monoisotopic (exact) mass is 298 g/mol. The van der Waals surface area contributed by atoms with Crippen molar-refractivity contribution in [3.05, 3.63) is 16.5 Å². The van der Waals surface area contributed by atoms with E-state index >= 15 is 0 Å². The quantitative estimate of drug-likeness (QED) is 0.797. The largest absolute Gasteiger partial charge is 0.358 e. The van der Waals surface area contributed by atoms with Gasteiger partial charge in [0.1, 0.15) is 16.2 Å². The normalized spacial score (nSPS) is 16.4. The number of anilines is 1. The van der Waals surface area contributed by atoms with Crippen LogP contribution in [0.2, 0.25) is 0 Å². The number of hydrogen-bond acceptors (Lipinski definition) is 4. The molecular formula is C12H19BrN4. The molecule has 0 aromatic carbocycles. The van der Waals surface area contributed by atoms with Crippen molar-refractivity contribution in [1.82, 2.24) is 14.9 Å². The van der Waals surface area contributed by atoms with Gasteiger partial charge >= 0.3 is 0 Å². The Morgan fingerprint density at radius 1 is 1.35 bits per heavy atom. The summed E-state index contributed by atoms with van der Waals surface area (Å²) in [7, 11) is 2.09. The lowest BCUT2D eigenvalue weighted by Gasteiger charge is -2.22. The van der Waals surface area contributed by atoms with Crippen LogP contribution >= 0.6 is 15.9 Å². The first-order valence-electron chi connectivity index (χ1n) is 6.10. The van der Waals surface area contributed by atoms with E-state index in [1.165, 1.54) is 25.9 Å². The summed E-state index contributed by atoms with van der Waals surface area (Å²) < 4.78 is 0.855. The van der Waals surface area contributed by atoms with Crippen LogP contribution in [0, 0.1) is 6.92 Å². The predicted molar refractivity (Wildman–Crippen MR) is 73.4 cm³/mol. The minimum Gasteiger partial charge on any atom is -0.358 e. The van der Waals surface area contributed by atoms with Crippen molar-refractivity contribution >= 4 is 21.7 Å². The first-order chi connectivity index (χ1) is 8.15. The lowest BCUT2D eigenvalue weighted by atomic mass is 10.4. The number of hydrogen-bond donors (Lipinski definition) is 0. The second-order valence-electron chi connectivity index (χ2n) is 4.57. The Kier molecular flexibility index (Phi) is 4.34. The Morgan fingerprint density at radius 3 is 2.71 bits per heavy atom. The van der Waals surface area contributed by atoms with Gasteiger partial charge in [-0.15, -0.1) is 0 Å². The number of halogens is 1. The average molecular weight is 299 g/mol. The van der Waals surface area contributed by atoms with E-state index < -0.39 is 0 Å². The van der Waals surface area contributed by atoms with E-state index in [4.69, 9.17) is 0 Å². The smallest absolute Gasteiger partial charge is 0.133 e. The lowest BCUT2D eigenvalue weighted by molar-refractivity contribution is 0.346. The first kappa shape index (κ1) is 12.8. The van der Waals surface area contributed by atoms with Crippen molar-refractivity contribution < 1.29 is 0 Å². The van der Waals surface area contributed by atoms with Crippen LogP contribution in [0.4, 0.5) is 5.82 Å². The maximum atomic E-state index is 4.45. The Bertz CT molecular complexity index is 357. The molecule has 0 spiro atoms. The Balaban J connectivity index is 1.91. The standard InChI is InChI=1S/C12H19BrN4/c1-10-14-11(13)9-12(15-10)16(2)7-8-17-5-3-4-6-17/h9H,3-8H2,1-2H3. The van der Waals surface area contributed by atoms with Crippen molar-refractivity contribution in [2.24, 2.45) is 0 Å². The SMILES string of the molecule is Cc1nc(Br)cc(N(C)CCN2CCCC2)n1. The number of likely N-dealkylation sites (tertiary alicyclic amines) is 1. The zero-order chi connectivity index (χ0) is 12.3. The second kappa shape index (κ2) is 5.78. The second-order valence-corrected chi connectivity index (χ2v) is 5.38. The summed E-state index contributed by atoms with van der Waals surface area (Å²) in [6.45, 7) is 6.56. The number of aromatic nitrogens is 2. The van der Waals surface area contributed by atoms with Gasteiger partial charge < -0.3 is 9.80 Å². The molecule has 1 aromatic rings. The number of nitrogens with zero attached hydrogens (tertiary/aromatic N) is 4. The zero-order valence-electron chi connectivity index (χ0n) is 10.5. The van der Waals surface area contributed by atoms with E-state index in [2.05, 4.69) is 42.7 Å². The third-order valence-electron chi connectivity index (χ3n) is 3.13. The van der Waals surface area contributed by atoms with Gasteiger partial charge in [-0.1, -0.05) is 0 Å². The summed E-state index contributed by atoms with van der Waals surface area (Å²) in [5.74, 6) is 1.80. The van der Waals surface area contributed by atoms with Gasteiger partial charge in [0.05, 0.1) is 0 Å². The number of likely N-dealkylation sites (N-methyl/N-ethyl adjacent to an activating group) is 1. The molecule has 4 nitrogen and oxygen atoms in total. The molecule has 1 saturated heterocycles. The van der Waals surface area contributed by atoms with Crippen molar-refractivity contribution in [3.63, 3.8) is 0 Å². The molecule has 94 valence electrons. The van der Waals surface area contributed by atoms with Gasteiger partial charge in [-0.05, 0) is 48.8 Å². The van der Waals surface area contributed by atoms with Gasteiger partial charge in [-0.3, -0.25) is 0 Å². The van der Waals surface area contributed by atoms with Crippen molar-refractivity contribution in [1.29, 1.82) is 0 Å². The fourth-order valence-corrected chi connectivity index (χ4v) is 2.59. The Morgan fingerprint density at radius 2 is 2.06 bits per heavy atom. The fraction of sp³-hybridized carbons (Fsp3) is 0.667. The van der Waals surface area contributed by atoms with E-state index in [0.717, 1.165) is 29.3 Å². The molecule has 17 heavy (non-hydrogen) atoms. The highest BCUT2D eigenvalue weighted by Crippen LogP contribution is 2.15. The topological polar surface area (TPSA) is 32.3 Å². The van der Waals surface area contributed by atoms with E-state index in [0.29, 0.717) is 0 Å². The molecule has 1 fully saturated rings. The van der Waals surface area contributed by atoms with Crippen molar-refractivity contribution in [2.45, 2.75) is 19.8 Å². The van der Waals surface area contributed by atoms with Crippen LogP contribution in [-0.4, -0.2) is 48.1 Å². The minimum atomic E-state index is 0.808. The maximum absolute atomic E-state index is 4.45. The number of rotatable bonds is 4. The van der Waals surface area contributed by atoms with Gasteiger partial charge in [0.2, 0.25) is 0 Å². The summed E-state index contributed by atoms with van der Waals surface area (Å²) in [6, 6.07) is 1.97. The summed E-state index contributed by atoms with van der Waals surface area (Å²) in [6.07, 6.45) is 2.70. The molecule has 0 aliphatic carbocycles. The van der Waals surface area contributed by atoms with Crippen LogP contribution < -0.4 is 4.90 Å². The highest BCUT2D eigenvalue weighted by Gasteiger charge is 2.12. The maximum Gasteiger partial charge on any atom is 0.133 e. The molecule has 0 radical (unpaired) electrons. The van der Waals surface area contributed by atoms with Gasteiger partial charge in [-0.25, -0.2) is 9.97 Å². The van der Waals surface area contributed by atoms with E-state index in [1.54, 1.807) is 0 Å². The third-order valence-corrected chi connectivity index (χ3v) is 3.54. The molecule has 2 rings (SSSR count). The van der Waals surface area contributed by atoms with Gasteiger partial charge in [0.15, 0.2) is 0 Å². The summed E-state index contributed by atoms with van der Waals surface area (Å²) in [5, 5.41) is 0. The third kappa shape index (κ3) is 3.64. The Labute approximate surface area is 111 Å². The van der Waals surface area contributed by atoms with Gasteiger partial charge in [0.25, 0.3) is 0 Å². The van der Waals surface area contributed by atoms with Crippen LogP contribution in [0.3, 0.4) is 0 Å². The van der Waals surface area contributed by atoms with Crippen molar-refractivity contribution in [2.75, 3.05) is 38.1 Å². The molecule has 0 bridgehead atoms. The number of aryl methyl sites for hydroxylation is 1. The molecule has 1 aliphatic rings. The fourth-order valence-electron chi connectivity index (χ4n) is 2.12. The molecule has 1 aromatic heterocycles. The van der Waals surface area contributed by atoms with E-state index in [9.17, 15) is 0 Å². The zero-order valence-corrected chi connectivity index (χ0v) is 12.1. The molecular weight excluding hydrogens is 280 g/mol. The average Bonchev–Trinajstić information content (AvgIpc) is 2.77. The van der Waals surface area contributed by atoms with Crippen molar-refractivity contribution in [3.8, 4) is 0 Å². The predicted octanol–water partition coefficient (Wildman–Crippen LogP) is 2.08. The molecule has 0 atom stereocenters. The highest BCUT2D eigenvalue weighted by atomic mass is 79.9. The lowest BCUT2D eigenvalue weighted by Crippen LogP contribution is -2.31. The molecule has 5 heteroatoms. The summed E-state index contributed by atoms with van der Waals surface area (Å²) in [5.41, 5.74) is 0. The van der Waals surface area contributed by atoms with Crippen LogP contribution in [0.15, 0.2) is 10.7 Å². The molecule has 1 aliphatic heterocycles. The molecule has 0 amide bonds. The van der Waals surface area contributed by atoms with E-state index in [-0.39, 0.29) is 0 Å². The molecule has 2 heterocycles. The van der Waals surface area contributed by atoms with E-state index in [1.807, 2.05) is 13.0 Å². The van der Waals surface area contributed by atoms with Crippen LogP contribution in [0.5, 0.6) is 0 Å². The first-order valence-corrected chi connectivity index (χ1v) is 6.89. The summed E-state index contributed by atoms with van der Waals surface area (Å²) in [4.78, 5) is 13.4. The Hall–Kier alpha value is -0.680. The highest BCUT2D eigenvalue weighted by molar-refractivity contribution is 9.10. The van der Waals surface area contributed by atoms with Crippen LogP contribution in [0.1, 0.15) is 18.7 Å². The van der Waals surface area contributed by atoms with Crippen LogP contribution in [0.25, 0.3) is 0 Å². The van der Waals surface area contributed by atoms with Gasteiger partial charge in [-0.2, -0.15) is 0 Å². The van der Waals surface area contributed by atoms with Gasteiger partial charge in [0, 0.05) is 26.2 Å². The van der Waals surface area contributed by atoms with Crippen LogP contribution in [-0.2, 0) is 0 Å². The molecule has 0 N–H and O–H groups in total. The molecule has 0 saturated carbocycles.